The largest absolute Gasteiger partial charge is 0.335 e. The lowest BCUT2D eigenvalue weighted by Gasteiger charge is -2.37. The number of likely N-dealkylation sites (N-methyl/N-ethyl adjacent to an activating group) is 1. The third-order valence-corrected chi connectivity index (χ3v) is 4.97. The second-order valence-corrected chi connectivity index (χ2v) is 7.18. The quantitative estimate of drug-likeness (QED) is 0.701. The van der Waals surface area contributed by atoms with Gasteiger partial charge in [0, 0.05) is 19.1 Å². The highest BCUT2D eigenvalue weighted by molar-refractivity contribution is 7.91. The first-order valence-corrected chi connectivity index (χ1v) is 7.59. The van der Waals surface area contributed by atoms with Gasteiger partial charge in [-0.05, 0) is 14.1 Å². The molecule has 0 saturated carbocycles. The fourth-order valence-corrected chi connectivity index (χ4v) is 4.49. The molecule has 0 aromatic rings. The molecule has 2 rings (SSSR count). The average molecular weight is 334 g/mol. The Morgan fingerprint density at radius 2 is 1.95 bits per heavy atom. The Morgan fingerprint density at radius 3 is 2.53 bits per heavy atom. The van der Waals surface area contributed by atoms with Gasteiger partial charge in [-0.1, -0.05) is 0 Å². The number of carbonyl (C=O) groups excluding carboxylic acids is 1. The van der Waals surface area contributed by atoms with Gasteiger partial charge in [-0.25, -0.2) is 8.42 Å². The minimum Gasteiger partial charge on any atom is -0.335 e. The maximum Gasteiger partial charge on any atom is 0.237 e. The first kappa shape index (κ1) is 18.9. The summed E-state index contributed by atoms with van der Waals surface area (Å²) in [5.74, 6) is 0.274. The number of nitrogens with one attached hydrogen (secondary N) is 1. The summed E-state index contributed by atoms with van der Waals surface area (Å²) in [7, 11) is 0.679. The molecule has 0 aromatic heterocycles. The Bertz CT molecular complexity index is 416. The predicted octanol–water partition coefficient (Wildman–Crippen LogP) is -1.01. The molecule has 2 saturated heterocycles. The highest BCUT2D eigenvalue weighted by Crippen LogP contribution is 2.21. The SMILES string of the molecule is CN(C)CC(=O)N1CCNC2CS(=O)(=O)CC21.Cl.Cl. The summed E-state index contributed by atoms with van der Waals surface area (Å²) in [5, 5.41) is 3.19. The van der Waals surface area contributed by atoms with Crippen LogP contribution in [0.3, 0.4) is 0 Å². The molecule has 2 fully saturated rings. The van der Waals surface area contributed by atoms with E-state index in [0.717, 1.165) is 0 Å². The molecule has 2 atom stereocenters. The van der Waals surface area contributed by atoms with Crippen LogP contribution in [-0.2, 0) is 14.6 Å². The topological polar surface area (TPSA) is 69.7 Å². The number of piperazine rings is 1. The third kappa shape index (κ3) is 4.46. The third-order valence-electron chi connectivity index (χ3n) is 3.25. The van der Waals surface area contributed by atoms with Crippen molar-refractivity contribution in [1.29, 1.82) is 0 Å². The summed E-state index contributed by atoms with van der Waals surface area (Å²) in [6.07, 6.45) is 0. The maximum absolute atomic E-state index is 12.0. The maximum atomic E-state index is 12.0. The van der Waals surface area contributed by atoms with Gasteiger partial charge in [0.1, 0.15) is 0 Å². The summed E-state index contributed by atoms with van der Waals surface area (Å²) in [6.45, 7) is 1.61. The van der Waals surface area contributed by atoms with Gasteiger partial charge in [-0.2, -0.15) is 0 Å². The summed E-state index contributed by atoms with van der Waals surface area (Å²) >= 11 is 0. The number of carbonyl (C=O) groups is 1. The van der Waals surface area contributed by atoms with Crippen LogP contribution in [0.1, 0.15) is 0 Å². The Kier molecular flexibility index (Phi) is 7.05. The van der Waals surface area contributed by atoms with Crippen LogP contribution in [0.2, 0.25) is 0 Å². The fraction of sp³-hybridized carbons (Fsp3) is 0.900. The zero-order valence-corrected chi connectivity index (χ0v) is 13.5. The number of nitrogens with zero attached hydrogens (tertiary/aromatic N) is 2. The van der Waals surface area contributed by atoms with E-state index in [2.05, 4.69) is 5.32 Å². The van der Waals surface area contributed by atoms with Crippen LogP contribution in [0.4, 0.5) is 0 Å². The van der Waals surface area contributed by atoms with Crippen LogP contribution in [-0.4, -0.2) is 81.4 Å². The molecule has 1 N–H and O–H groups in total. The van der Waals surface area contributed by atoms with Gasteiger partial charge in [0.05, 0.1) is 24.1 Å². The zero-order chi connectivity index (χ0) is 12.6. The molecule has 0 radical (unpaired) electrons. The number of sulfone groups is 1. The second kappa shape index (κ2) is 7.08. The van der Waals surface area contributed by atoms with Crippen molar-refractivity contribution in [2.45, 2.75) is 12.1 Å². The van der Waals surface area contributed by atoms with E-state index in [1.807, 2.05) is 19.0 Å². The molecule has 19 heavy (non-hydrogen) atoms. The van der Waals surface area contributed by atoms with Crippen molar-refractivity contribution in [2.24, 2.45) is 0 Å². The highest BCUT2D eigenvalue weighted by atomic mass is 35.5. The van der Waals surface area contributed by atoms with Crippen molar-refractivity contribution in [3.63, 3.8) is 0 Å². The average Bonchev–Trinajstić information content (AvgIpc) is 2.49. The van der Waals surface area contributed by atoms with Crippen LogP contribution in [0, 0.1) is 0 Å². The highest BCUT2D eigenvalue weighted by Gasteiger charge is 2.44. The van der Waals surface area contributed by atoms with Gasteiger partial charge in [-0.3, -0.25) is 4.79 Å². The predicted molar refractivity (Wildman–Crippen MR) is 79.0 cm³/mol. The number of rotatable bonds is 2. The summed E-state index contributed by atoms with van der Waals surface area (Å²) in [5.41, 5.74) is 0. The minimum absolute atomic E-state index is 0. The van der Waals surface area contributed by atoms with Crippen LogP contribution in [0.25, 0.3) is 0 Å². The molecule has 1 amide bonds. The van der Waals surface area contributed by atoms with E-state index in [1.165, 1.54) is 0 Å². The van der Waals surface area contributed by atoms with Crippen molar-refractivity contribution < 1.29 is 13.2 Å². The van der Waals surface area contributed by atoms with Gasteiger partial charge in [0.15, 0.2) is 9.84 Å². The van der Waals surface area contributed by atoms with E-state index in [1.54, 1.807) is 4.90 Å². The van der Waals surface area contributed by atoms with Crippen molar-refractivity contribution in [3.05, 3.63) is 0 Å². The van der Waals surface area contributed by atoms with Crippen LogP contribution in [0.5, 0.6) is 0 Å². The van der Waals surface area contributed by atoms with E-state index in [4.69, 9.17) is 0 Å². The summed E-state index contributed by atoms with van der Waals surface area (Å²) < 4.78 is 23.2. The molecule has 6 nitrogen and oxygen atoms in total. The lowest BCUT2D eigenvalue weighted by atomic mass is 10.1. The zero-order valence-electron chi connectivity index (χ0n) is 11.0. The lowest BCUT2D eigenvalue weighted by molar-refractivity contribution is -0.135. The molecule has 0 bridgehead atoms. The van der Waals surface area contributed by atoms with Crippen molar-refractivity contribution >= 4 is 40.6 Å². The molecule has 114 valence electrons. The number of amides is 1. The Labute approximate surface area is 126 Å². The summed E-state index contributed by atoms with van der Waals surface area (Å²) in [4.78, 5) is 15.6. The monoisotopic (exact) mass is 333 g/mol. The second-order valence-electron chi connectivity index (χ2n) is 5.03. The number of hydrogen-bond donors (Lipinski definition) is 1. The number of fused-ring (bicyclic) bond motifs is 1. The van der Waals surface area contributed by atoms with Gasteiger partial charge < -0.3 is 15.1 Å². The molecule has 0 spiro atoms. The van der Waals surface area contributed by atoms with E-state index in [9.17, 15) is 13.2 Å². The van der Waals surface area contributed by atoms with E-state index < -0.39 is 9.84 Å². The standard InChI is InChI=1S/C10H19N3O3S.2ClH/c1-12(2)5-10(14)13-4-3-11-8-6-17(15,16)7-9(8)13;;/h8-9,11H,3-7H2,1-2H3;2*1H. The lowest BCUT2D eigenvalue weighted by Crippen LogP contribution is -2.60. The Balaban J connectivity index is 0.00000162. The van der Waals surface area contributed by atoms with Gasteiger partial charge in [0.2, 0.25) is 5.91 Å². The summed E-state index contributed by atoms with van der Waals surface area (Å²) in [6, 6.07) is -0.263. The van der Waals surface area contributed by atoms with Crippen LogP contribution < -0.4 is 5.32 Å². The molecule has 0 aliphatic carbocycles. The van der Waals surface area contributed by atoms with Crippen LogP contribution in [0.15, 0.2) is 0 Å². The molecule has 9 heteroatoms. The molecular weight excluding hydrogens is 313 g/mol. The first-order chi connectivity index (χ1) is 7.89. The van der Waals surface area contributed by atoms with E-state index in [-0.39, 0.29) is 54.3 Å². The Morgan fingerprint density at radius 1 is 1.32 bits per heavy atom. The number of hydrogen-bond acceptors (Lipinski definition) is 5. The van der Waals surface area contributed by atoms with Crippen molar-refractivity contribution in [2.75, 3.05) is 45.2 Å². The van der Waals surface area contributed by atoms with Crippen molar-refractivity contribution in [1.82, 2.24) is 15.1 Å². The van der Waals surface area contributed by atoms with Gasteiger partial charge in [-0.15, -0.1) is 24.8 Å². The van der Waals surface area contributed by atoms with Crippen LogP contribution >= 0.6 is 24.8 Å². The molecule has 2 unspecified atom stereocenters. The van der Waals surface area contributed by atoms with E-state index >= 15 is 0 Å². The minimum atomic E-state index is -2.99. The van der Waals surface area contributed by atoms with Gasteiger partial charge in [0.25, 0.3) is 0 Å². The molecule has 2 heterocycles. The fourth-order valence-electron chi connectivity index (χ4n) is 2.54. The molecular formula is C10H21Cl2N3O3S. The molecule has 0 aromatic carbocycles. The normalized spacial score (nSPS) is 28.3. The van der Waals surface area contributed by atoms with E-state index in [0.29, 0.717) is 19.6 Å². The van der Waals surface area contributed by atoms with Gasteiger partial charge >= 0.3 is 0 Å². The van der Waals surface area contributed by atoms with Crippen molar-refractivity contribution in [3.8, 4) is 0 Å². The smallest absolute Gasteiger partial charge is 0.237 e. The Hall–Kier alpha value is -0.0800. The number of halogens is 2. The molecule has 2 aliphatic rings. The molecule has 2 aliphatic heterocycles. The first-order valence-electron chi connectivity index (χ1n) is 5.77.